The smallest absolute Gasteiger partial charge is 0.254 e. The summed E-state index contributed by atoms with van der Waals surface area (Å²) in [4.78, 5) is 15.9. The summed E-state index contributed by atoms with van der Waals surface area (Å²) in [5.41, 5.74) is 1.43. The van der Waals surface area contributed by atoms with Gasteiger partial charge in [0.1, 0.15) is 0 Å². The molecule has 1 aromatic heterocycles. The molecule has 1 N–H and O–H groups in total. The zero-order valence-corrected chi connectivity index (χ0v) is 11.6. The molecule has 1 heterocycles. The Morgan fingerprint density at radius 2 is 1.74 bits per heavy atom. The van der Waals surface area contributed by atoms with Crippen LogP contribution in [0, 0.1) is 0 Å². The fourth-order valence-corrected chi connectivity index (χ4v) is 2.24. The van der Waals surface area contributed by atoms with Gasteiger partial charge in [0.25, 0.3) is 5.91 Å². The lowest BCUT2D eigenvalue weighted by Crippen LogP contribution is -2.26. The van der Waals surface area contributed by atoms with Crippen molar-refractivity contribution >= 4 is 29.1 Å². The van der Waals surface area contributed by atoms with Crippen molar-refractivity contribution in [3.05, 3.63) is 63.9 Å². The van der Waals surface area contributed by atoms with E-state index in [2.05, 4.69) is 10.3 Å². The normalized spacial score (nSPS) is 10.2. The number of hydrogen-bond donors (Lipinski definition) is 1. The molecule has 0 unspecified atom stereocenters. The fraction of sp³-hybridized carbons (Fsp3) is 0.143. The number of carbonyl (C=O) groups excluding carboxylic acids is 1. The van der Waals surface area contributed by atoms with Gasteiger partial charge in [-0.05, 0) is 36.2 Å². The molecule has 0 bridgehead atoms. The van der Waals surface area contributed by atoms with Crippen molar-refractivity contribution in [2.45, 2.75) is 6.42 Å². The Morgan fingerprint density at radius 3 is 2.37 bits per heavy atom. The topological polar surface area (TPSA) is 42.0 Å². The van der Waals surface area contributed by atoms with Crippen molar-refractivity contribution in [3.63, 3.8) is 0 Å². The zero-order chi connectivity index (χ0) is 13.7. The number of aromatic nitrogens is 1. The molecule has 2 aromatic rings. The number of benzene rings is 1. The molecule has 0 aliphatic heterocycles. The summed E-state index contributed by atoms with van der Waals surface area (Å²) in [5.74, 6) is -0.260. The van der Waals surface area contributed by atoms with Crippen LogP contribution in [-0.4, -0.2) is 17.4 Å². The Kier molecular flexibility index (Phi) is 4.77. The highest BCUT2D eigenvalue weighted by Gasteiger charge is 2.13. The van der Waals surface area contributed by atoms with Gasteiger partial charge in [-0.1, -0.05) is 29.3 Å². The first-order valence-electron chi connectivity index (χ1n) is 5.79. The Morgan fingerprint density at radius 1 is 1.11 bits per heavy atom. The molecule has 3 nitrogen and oxygen atoms in total. The summed E-state index contributed by atoms with van der Waals surface area (Å²) in [5, 5.41) is 3.51. The van der Waals surface area contributed by atoms with Gasteiger partial charge in [-0.3, -0.25) is 9.78 Å². The molecule has 98 valence electrons. The number of nitrogens with zero attached hydrogens (tertiary/aromatic N) is 1. The maximum atomic E-state index is 12.0. The van der Waals surface area contributed by atoms with E-state index < -0.39 is 0 Å². The maximum Gasteiger partial charge on any atom is 0.254 e. The van der Waals surface area contributed by atoms with Gasteiger partial charge in [0.15, 0.2) is 0 Å². The molecule has 0 atom stereocenters. The van der Waals surface area contributed by atoms with Gasteiger partial charge in [-0.25, -0.2) is 0 Å². The van der Waals surface area contributed by atoms with E-state index in [1.807, 2.05) is 12.1 Å². The number of rotatable bonds is 4. The zero-order valence-electron chi connectivity index (χ0n) is 10.1. The molecule has 0 spiro atoms. The van der Waals surface area contributed by atoms with Gasteiger partial charge >= 0.3 is 0 Å². The molecule has 0 saturated heterocycles. The van der Waals surface area contributed by atoms with E-state index in [4.69, 9.17) is 23.2 Å². The third-order valence-corrected chi connectivity index (χ3v) is 3.27. The number of pyridine rings is 1. The largest absolute Gasteiger partial charge is 0.352 e. The lowest BCUT2D eigenvalue weighted by atomic mass is 10.2. The average Bonchev–Trinajstić information content (AvgIpc) is 2.40. The molecular weight excluding hydrogens is 283 g/mol. The summed E-state index contributed by atoms with van der Waals surface area (Å²) < 4.78 is 0. The first-order chi connectivity index (χ1) is 9.18. The minimum absolute atomic E-state index is 0.260. The number of hydrogen-bond acceptors (Lipinski definition) is 2. The highest BCUT2D eigenvalue weighted by Crippen LogP contribution is 2.23. The fourth-order valence-electron chi connectivity index (χ4n) is 1.67. The quantitative estimate of drug-likeness (QED) is 0.939. The van der Waals surface area contributed by atoms with Crippen LogP contribution in [0.3, 0.4) is 0 Å². The van der Waals surface area contributed by atoms with E-state index in [1.54, 1.807) is 30.6 Å². The molecule has 0 aliphatic rings. The van der Waals surface area contributed by atoms with Crippen LogP contribution in [0.2, 0.25) is 10.0 Å². The molecule has 0 aliphatic carbocycles. The van der Waals surface area contributed by atoms with Gasteiger partial charge in [0.2, 0.25) is 0 Å². The van der Waals surface area contributed by atoms with Crippen LogP contribution in [0.5, 0.6) is 0 Å². The maximum absolute atomic E-state index is 12.0. The van der Waals surface area contributed by atoms with E-state index >= 15 is 0 Å². The van der Waals surface area contributed by atoms with Gasteiger partial charge in [-0.2, -0.15) is 0 Å². The summed E-state index contributed by atoms with van der Waals surface area (Å²) in [6.45, 7) is 0.518. The molecule has 2 rings (SSSR count). The van der Waals surface area contributed by atoms with Gasteiger partial charge < -0.3 is 5.32 Å². The molecule has 5 heteroatoms. The molecule has 0 fully saturated rings. The molecule has 0 saturated carbocycles. The van der Waals surface area contributed by atoms with Crippen LogP contribution in [0.4, 0.5) is 0 Å². The van der Waals surface area contributed by atoms with Crippen LogP contribution >= 0.6 is 23.2 Å². The van der Waals surface area contributed by atoms with Crippen LogP contribution in [0.1, 0.15) is 15.9 Å². The van der Waals surface area contributed by atoms with E-state index in [1.165, 1.54) is 0 Å². The van der Waals surface area contributed by atoms with Gasteiger partial charge in [-0.15, -0.1) is 0 Å². The summed E-state index contributed by atoms with van der Waals surface area (Å²) in [7, 11) is 0. The Bertz CT molecular complexity index is 553. The molecule has 0 radical (unpaired) electrons. The van der Waals surface area contributed by atoms with E-state index in [0.29, 0.717) is 22.2 Å². The number of nitrogens with one attached hydrogen (secondary N) is 1. The summed E-state index contributed by atoms with van der Waals surface area (Å²) in [6, 6.07) is 8.82. The van der Waals surface area contributed by atoms with E-state index in [-0.39, 0.29) is 5.91 Å². The molecule has 1 amide bonds. The Hall–Kier alpha value is -1.58. The van der Waals surface area contributed by atoms with Crippen molar-refractivity contribution < 1.29 is 4.79 Å². The highest BCUT2D eigenvalue weighted by molar-refractivity contribution is 6.39. The second-order valence-electron chi connectivity index (χ2n) is 3.96. The van der Waals surface area contributed by atoms with Crippen LogP contribution in [-0.2, 0) is 6.42 Å². The van der Waals surface area contributed by atoms with Gasteiger partial charge in [0, 0.05) is 18.9 Å². The molecule has 19 heavy (non-hydrogen) atoms. The monoisotopic (exact) mass is 294 g/mol. The lowest BCUT2D eigenvalue weighted by Gasteiger charge is -2.08. The van der Waals surface area contributed by atoms with Crippen molar-refractivity contribution in [1.29, 1.82) is 0 Å². The standard InChI is InChI=1S/C14H12Cl2N2O/c15-11-2-1-3-12(16)13(11)14(19)18-9-6-10-4-7-17-8-5-10/h1-5,7-8H,6,9H2,(H,18,19). The van der Waals surface area contributed by atoms with Crippen molar-refractivity contribution in [2.24, 2.45) is 0 Å². The van der Waals surface area contributed by atoms with Crippen LogP contribution in [0.25, 0.3) is 0 Å². The lowest BCUT2D eigenvalue weighted by molar-refractivity contribution is 0.0954. The van der Waals surface area contributed by atoms with Crippen LogP contribution < -0.4 is 5.32 Å². The average molecular weight is 295 g/mol. The second-order valence-corrected chi connectivity index (χ2v) is 4.77. The van der Waals surface area contributed by atoms with E-state index in [0.717, 1.165) is 12.0 Å². The third-order valence-electron chi connectivity index (χ3n) is 2.64. The minimum Gasteiger partial charge on any atom is -0.352 e. The van der Waals surface area contributed by atoms with Crippen molar-refractivity contribution in [3.8, 4) is 0 Å². The predicted octanol–water partition coefficient (Wildman–Crippen LogP) is 3.36. The summed E-state index contributed by atoms with van der Waals surface area (Å²) in [6.07, 6.45) is 4.18. The molecule has 1 aromatic carbocycles. The van der Waals surface area contributed by atoms with Crippen LogP contribution in [0.15, 0.2) is 42.7 Å². The Labute approximate surface area is 121 Å². The second kappa shape index (κ2) is 6.55. The minimum atomic E-state index is -0.260. The SMILES string of the molecule is O=C(NCCc1ccncc1)c1c(Cl)cccc1Cl. The predicted molar refractivity (Wildman–Crippen MR) is 76.7 cm³/mol. The summed E-state index contributed by atoms with van der Waals surface area (Å²) >= 11 is 11.9. The Balaban J connectivity index is 1.95. The third kappa shape index (κ3) is 3.69. The number of amides is 1. The first-order valence-corrected chi connectivity index (χ1v) is 6.55. The van der Waals surface area contributed by atoms with Gasteiger partial charge in [0.05, 0.1) is 15.6 Å². The van der Waals surface area contributed by atoms with Crippen molar-refractivity contribution in [2.75, 3.05) is 6.54 Å². The van der Waals surface area contributed by atoms with Crippen molar-refractivity contribution in [1.82, 2.24) is 10.3 Å². The first kappa shape index (κ1) is 13.8. The number of halogens is 2. The number of carbonyl (C=O) groups is 1. The van der Waals surface area contributed by atoms with E-state index in [9.17, 15) is 4.79 Å². The molecular formula is C14H12Cl2N2O. The highest BCUT2D eigenvalue weighted by atomic mass is 35.5.